The van der Waals surface area contributed by atoms with Crippen LogP contribution in [0.1, 0.15) is 30.7 Å². The number of aromatic nitrogens is 2. The van der Waals surface area contributed by atoms with Gasteiger partial charge >= 0.3 is 0 Å². The van der Waals surface area contributed by atoms with E-state index in [-0.39, 0.29) is 0 Å². The predicted molar refractivity (Wildman–Crippen MR) is 81.0 cm³/mol. The summed E-state index contributed by atoms with van der Waals surface area (Å²) in [7, 11) is 1.71. The molecule has 108 valence electrons. The molecule has 0 spiro atoms. The first-order valence-corrected chi connectivity index (χ1v) is 6.97. The van der Waals surface area contributed by atoms with E-state index in [0.29, 0.717) is 6.04 Å². The van der Waals surface area contributed by atoms with Gasteiger partial charge in [0.25, 0.3) is 0 Å². The van der Waals surface area contributed by atoms with E-state index in [9.17, 15) is 0 Å². The molecule has 1 N–H and O–H groups in total. The average Bonchev–Trinajstić information content (AvgIpc) is 2.82. The Kier molecular flexibility index (Phi) is 4.79. The minimum atomic E-state index is 0.480. The molecule has 1 heterocycles. The fourth-order valence-electron chi connectivity index (χ4n) is 2.11. The zero-order valence-corrected chi connectivity index (χ0v) is 12.7. The van der Waals surface area contributed by atoms with Crippen molar-refractivity contribution in [1.82, 2.24) is 15.1 Å². The molecule has 0 atom stereocenters. The van der Waals surface area contributed by atoms with E-state index in [1.165, 1.54) is 5.56 Å². The molecule has 1 aromatic heterocycles. The van der Waals surface area contributed by atoms with Gasteiger partial charge in [-0.15, -0.1) is 0 Å². The van der Waals surface area contributed by atoms with E-state index < -0.39 is 0 Å². The molecule has 4 heteroatoms. The van der Waals surface area contributed by atoms with Crippen LogP contribution in [0.5, 0.6) is 5.75 Å². The predicted octanol–water partition coefficient (Wildman–Crippen LogP) is 2.75. The van der Waals surface area contributed by atoms with Gasteiger partial charge in [-0.3, -0.25) is 4.68 Å². The first-order valence-electron chi connectivity index (χ1n) is 6.97. The van der Waals surface area contributed by atoms with Gasteiger partial charge in [0.15, 0.2) is 0 Å². The summed E-state index contributed by atoms with van der Waals surface area (Å²) in [5.41, 5.74) is 3.57. The van der Waals surface area contributed by atoms with Gasteiger partial charge in [-0.1, -0.05) is 19.9 Å². The van der Waals surface area contributed by atoms with E-state index >= 15 is 0 Å². The largest absolute Gasteiger partial charge is 0.496 e. The number of benzene rings is 1. The zero-order valence-electron chi connectivity index (χ0n) is 12.7. The molecule has 0 aliphatic heterocycles. The van der Waals surface area contributed by atoms with E-state index in [1.54, 1.807) is 7.11 Å². The van der Waals surface area contributed by atoms with Crippen LogP contribution in [0.25, 0.3) is 0 Å². The Balaban J connectivity index is 2.20. The van der Waals surface area contributed by atoms with E-state index in [4.69, 9.17) is 4.74 Å². The molecule has 2 aromatic rings. The number of nitrogens with one attached hydrogen (secondary N) is 1. The van der Waals surface area contributed by atoms with E-state index in [0.717, 1.165) is 30.1 Å². The van der Waals surface area contributed by atoms with Crippen LogP contribution in [-0.2, 0) is 13.1 Å². The van der Waals surface area contributed by atoms with Crippen LogP contribution in [0.3, 0.4) is 0 Å². The molecular formula is C16H23N3O. The summed E-state index contributed by atoms with van der Waals surface area (Å²) in [6, 6.07) is 8.82. The molecule has 0 bridgehead atoms. The molecule has 0 saturated heterocycles. The van der Waals surface area contributed by atoms with Crippen molar-refractivity contribution in [1.29, 1.82) is 0 Å². The number of nitrogens with zero attached hydrogens (tertiary/aromatic N) is 2. The van der Waals surface area contributed by atoms with Crippen LogP contribution in [0.4, 0.5) is 0 Å². The second-order valence-electron chi connectivity index (χ2n) is 5.31. The fourth-order valence-corrected chi connectivity index (χ4v) is 2.11. The molecular weight excluding hydrogens is 250 g/mol. The van der Waals surface area contributed by atoms with Crippen molar-refractivity contribution in [3.05, 3.63) is 47.3 Å². The van der Waals surface area contributed by atoms with Crippen molar-refractivity contribution in [2.75, 3.05) is 7.11 Å². The minimum Gasteiger partial charge on any atom is -0.496 e. The molecule has 0 radical (unpaired) electrons. The van der Waals surface area contributed by atoms with Crippen molar-refractivity contribution in [2.45, 2.75) is 39.9 Å². The second-order valence-corrected chi connectivity index (χ2v) is 5.31. The van der Waals surface area contributed by atoms with Gasteiger partial charge in [0.2, 0.25) is 0 Å². The lowest BCUT2D eigenvalue weighted by atomic mass is 10.1. The maximum atomic E-state index is 5.45. The van der Waals surface area contributed by atoms with Crippen LogP contribution in [0, 0.1) is 6.92 Å². The Bertz CT molecular complexity index is 561. The third-order valence-electron chi connectivity index (χ3n) is 3.31. The molecule has 4 nitrogen and oxygen atoms in total. The Morgan fingerprint density at radius 2 is 2.10 bits per heavy atom. The van der Waals surface area contributed by atoms with Gasteiger partial charge in [-0.25, -0.2) is 0 Å². The molecule has 0 amide bonds. The number of rotatable bonds is 6. The van der Waals surface area contributed by atoms with Gasteiger partial charge in [0.05, 0.1) is 13.7 Å². The van der Waals surface area contributed by atoms with Crippen molar-refractivity contribution in [2.24, 2.45) is 0 Å². The van der Waals surface area contributed by atoms with Gasteiger partial charge in [0, 0.05) is 30.0 Å². The highest BCUT2D eigenvalue weighted by Crippen LogP contribution is 2.21. The number of hydrogen-bond donors (Lipinski definition) is 1. The fraction of sp³-hybridized carbons (Fsp3) is 0.438. The topological polar surface area (TPSA) is 39.1 Å². The van der Waals surface area contributed by atoms with Gasteiger partial charge in [-0.05, 0) is 30.7 Å². The SMILES string of the molecule is COc1ccc(CNC(C)C)cc1Cn1nccc1C. The standard InChI is InChI=1S/C16H23N3O/c1-12(2)17-10-14-5-6-16(20-4)15(9-14)11-19-13(3)7-8-18-19/h5-9,12,17H,10-11H2,1-4H3. The molecule has 0 saturated carbocycles. The van der Waals surface area contributed by atoms with Gasteiger partial charge < -0.3 is 10.1 Å². The highest BCUT2D eigenvalue weighted by atomic mass is 16.5. The first kappa shape index (κ1) is 14.6. The summed E-state index contributed by atoms with van der Waals surface area (Å²) in [6.45, 7) is 7.96. The van der Waals surface area contributed by atoms with Gasteiger partial charge in [-0.2, -0.15) is 5.10 Å². The monoisotopic (exact) mass is 273 g/mol. The summed E-state index contributed by atoms with van der Waals surface area (Å²) in [4.78, 5) is 0. The van der Waals surface area contributed by atoms with Crippen LogP contribution < -0.4 is 10.1 Å². The smallest absolute Gasteiger partial charge is 0.123 e. The average molecular weight is 273 g/mol. The van der Waals surface area contributed by atoms with Crippen LogP contribution in [0.15, 0.2) is 30.5 Å². The number of aryl methyl sites for hydroxylation is 1. The zero-order chi connectivity index (χ0) is 14.5. The lowest BCUT2D eigenvalue weighted by Gasteiger charge is -2.13. The summed E-state index contributed by atoms with van der Waals surface area (Å²) in [6.07, 6.45) is 1.83. The van der Waals surface area contributed by atoms with E-state index in [2.05, 4.69) is 43.3 Å². The first-order chi connectivity index (χ1) is 9.60. The maximum absolute atomic E-state index is 5.45. The molecule has 0 unspecified atom stereocenters. The molecule has 0 aliphatic rings. The number of hydrogen-bond acceptors (Lipinski definition) is 3. The summed E-state index contributed by atoms with van der Waals surface area (Å²) in [5.74, 6) is 0.910. The third-order valence-corrected chi connectivity index (χ3v) is 3.31. The van der Waals surface area contributed by atoms with Crippen molar-refractivity contribution < 1.29 is 4.74 Å². The molecule has 20 heavy (non-hydrogen) atoms. The number of methoxy groups -OCH3 is 1. The lowest BCUT2D eigenvalue weighted by Crippen LogP contribution is -2.21. The molecule has 0 fully saturated rings. The molecule has 1 aromatic carbocycles. The highest BCUT2D eigenvalue weighted by molar-refractivity contribution is 5.37. The van der Waals surface area contributed by atoms with Crippen LogP contribution in [0.2, 0.25) is 0 Å². The Morgan fingerprint density at radius 1 is 1.30 bits per heavy atom. The number of ether oxygens (including phenoxy) is 1. The highest BCUT2D eigenvalue weighted by Gasteiger charge is 2.07. The summed E-state index contributed by atoms with van der Waals surface area (Å²) >= 11 is 0. The summed E-state index contributed by atoms with van der Waals surface area (Å²) in [5, 5.41) is 7.77. The normalized spacial score (nSPS) is 11.1. The molecule has 0 aliphatic carbocycles. The van der Waals surface area contributed by atoms with Crippen LogP contribution >= 0.6 is 0 Å². The lowest BCUT2D eigenvalue weighted by molar-refractivity contribution is 0.406. The summed E-state index contributed by atoms with van der Waals surface area (Å²) < 4.78 is 7.44. The minimum absolute atomic E-state index is 0.480. The second kappa shape index (κ2) is 6.57. The van der Waals surface area contributed by atoms with Crippen molar-refractivity contribution in [3.63, 3.8) is 0 Å². The Hall–Kier alpha value is -1.81. The Labute approximate surface area is 120 Å². The van der Waals surface area contributed by atoms with Crippen molar-refractivity contribution in [3.8, 4) is 5.75 Å². The Morgan fingerprint density at radius 3 is 2.70 bits per heavy atom. The van der Waals surface area contributed by atoms with Crippen molar-refractivity contribution >= 4 is 0 Å². The third kappa shape index (κ3) is 3.61. The molecule has 2 rings (SSSR count). The van der Waals surface area contributed by atoms with Crippen LogP contribution in [-0.4, -0.2) is 22.9 Å². The van der Waals surface area contributed by atoms with Gasteiger partial charge in [0.1, 0.15) is 5.75 Å². The quantitative estimate of drug-likeness (QED) is 0.879. The van der Waals surface area contributed by atoms with E-state index in [1.807, 2.05) is 23.0 Å². The maximum Gasteiger partial charge on any atom is 0.123 e.